The number of alkyl halides is 3. The molecule has 0 saturated carbocycles. The van der Waals surface area contributed by atoms with E-state index in [2.05, 4.69) is 15.3 Å². The van der Waals surface area contributed by atoms with Crippen LogP contribution in [0, 0.1) is 0 Å². The number of amides is 1. The molecule has 172 valence electrons. The highest BCUT2D eigenvalue weighted by molar-refractivity contribution is 6.33. The van der Waals surface area contributed by atoms with Gasteiger partial charge in [-0.25, -0.2) is 4.98 Å². The number of benzene rings is 1. The minimum atomic E-state index is -4.43. The average Bonchev–Trinajstić information content (AvgIpc) is 3.27. The van der Waals surface area contributed by atoms with E-state index in [-0.39, 0.29) is 11.9 Å². The molecule has 0 radical (unpaired) electrons. The summed E-state index contributed by atoms with van der Waals surface area (Å²) in [5, 5.41) is 3.34. The summed E-state index contributed by atoms with van der Waals surface area (Å²) in [5.74, 6) is 0.594. The Balaban J connectivity index is 1.71. The van der Waals surface area contributed by atoms with Crippen molar-refractivity contribution >= 4 is 23.3 Å². The van der Waals surface area contributed by atoms with Crippen LogP contribution in [-0.4, -0.2) is 40.0 Å². The number of hydrogen-bond acceptors (Lipinski definition) is 5. The fourth-order valence-corrected chi connectivity index (χ4v) is 3.94. The Labute approximate surface area is 193 Å². The third kappa shape index (κ3) is 5.08. The number of halogens is 4. The lowest BCUT2D eigenvalue weighted by atomic mass is 10.0. The summed E-state index contributed by atoms with van der Waals surface area (Å²) in [4.78, 5) is 27.1. The van der Waals surface area contributed by atoms with Gasteiger partial charge in [0, 0.05) is 49.1 Å². The molecule has 6 nitrogen and oxygen atoms in total. The normalized spacial score (nSPS) is 16.2. The molecule has 4 rings (SSSR count). The minimum absolute atomic E-state index is 0.00478. The summed E-state index contributed by atoms with van der Waals surface area (Å²) in [6, 6.07) is 6.49. The van der Waals surface area contributed by atoms with Gasteiger partial charge in [-0.15, -0.1) is 0 Å². The second-order valence-electron chi connectivity index (χ2n) is 7.71. The van der Waals surface area contributed by atoms with Crippen LogP contribution in [0.15, 0.2) is 48.9 Å². The van der Waals surface area contributed by atoms with Gasteiger partial charge in [0.2, 0.25) is 5.91 Å². The van der Waals surface area contributed by atoms with Crippen LogP contribution in [0.5, 0.6) is 0 Å². The van der Waals surface area contributed by atoms with Gasteiger partial charge in [-0.2, -0.15) is 13.2 Å². The van der Waals surface area contributed by atoms with Crippen molar-refractivity contribution in [1.82, 2.24) is 20.3 Å². The van der Waals surface area contributed by atoms with E-state index >= 15 is 0 Å². The van der Waals surface area contributed by atoms with Crippen molar-refractivity contribution in [3.05, 3.63) is 59.5 Å². The lowest BCUT2D eigenvalue weighted by Gasteiger charge is -2.20. The van der Waals surface area contributed by atoms with Gasteiger partial charge < -0.3 is 10.2 Å². The summed E-state index contributed by atoms with van der Waals surface area (Å²) in [6.45, 7) is 3.08. The number of carbonyl (C=O) groups excluding carboxylic acids is 1. The summed E-state index contributed by atoms with van der Waals surface area (Å²) < 4.78 is 39.0. The fraction of sp³-hybridized carbons (Fsp3) is 0.304. The molecule has 3 heterocycles. The number of carbonyl (C=O) groups is 1. The first-order chi connectivity index (χ1) is 15.8. The molecule has 10 heteroatoms. The molecule has 1 fully saturated rings. The zero-order valence-electron chi connectivity index (χ0n) is 17.7. The lowest BCUT2D eigenvalue weighted by molar-refractivity contribution is -0.137. The molecular formula is C23H21ClF3N5O. The highest BCUT2D eigenvalue weighted by Gasteiger charge is 2.30. The summed E-state index contributed by atoms with van der Waals surface area (Å²) in [6.07, 6.45) is 1.41. The number of pyridine rings is 1. The van der Waals surface area contributed by atoms with E-state index < -0.39 is 11.7 Å². The third-order valence-corrected chi connectivity index (χ3v) is 5.77. The van der Waals surface area contributed by atoms with Gasteiger partial charge in [0.25, 0.3) is 0 Å². The van der Waals surface area contributed by atoms with Gasteiger partial charge in [0.05, 0.1) is 22.5 Å². The van der Waals surface area contributed by atoms with Crippen LogP contribution in [0.2, 0.25) is 5.02 Å². The van der Waals surface area contributed by atoms with Crippen molar-refractivity contribution < 1.29 is 18.0 Å². The standard InChI is InChI=1S/C23H21ClF3N5O/c1-2-20(33)30-16-8-10-32(13-16)19-12-29-21(14-3-5-15(6-4-14)23(25,26)27)22(31-19)17-7-9-28-11-18(17)24/h3-7,9,11-12,16H,2,8,10,13H2,1H3,(H,30,33)/t16-/m0/s1. The molecule has 1 atom stereocenters. The molecule has 1 aliphatic rings. The van der Waals surface area contributed by atoms with Crippen LogP contribution in [0.3, 0.4) is 0 Å². The minimum Gasteiger partial charge on any atom is -0.353 e. The van der Waals surface area contributed by atoms with E-state index in [1.54, 1.807) is 25.4 Å². The van der Waals surface area contributed by atoms with Gasteiger partial charge in [-0.05, 0) is 24.6 Å². The van der Waals surface area contributed by atoms with E-state index in [0.717, 1.165) is 18.6 Å². The summed E-state index contributed by atoms with van der Waals surface area (Å²) in [5.41, 5.74) is 1.18. The maximum atomic E-state index is 13.0. The summed E-state index contributed by atoms with van der Waals surface area (Å²) in [7, 11) is 0. The SMILES string of the molecule is CCC(=O)N[C@H]1CCN(c2cnc(-c3ccc(C(F)(F)F)cc3)c(-c3ccncc3Cl)n2)C1. The number of hydrogen-bond donors (Lipinski definition) is 1. The lowest BCUT2D eigenvalue weighted by Crippen LogP contribution is -2.36. The predicted octanol–water partition coefficient (Wildman–Crippen LogP) is 4.98. The highest BCUT2D eigenvalue weighted by atomic mass is 35.5. The van der Waals surface area contributed by atoms with Gasteiger partial charge >= 0.3 is 6.18 Å². The zero-order chi connectivity index (χ0) is 23.6. The maximum Gasteiger partial charge on any atom is 0.416 e. The molecule has 0 bridgehead atoms. The topological polar surface area (TPSA) is 71.0 Å². The molecule has 1 N–H and O–H groups in total. The van der Waals surface area contributed by atoms with Crippen LogP contribution < -0.4 is 10.2 Å². The van der Waals surface area contributed by atoms with Crippen molar-refractivity contribution in [2.45, 2.75) is 32.0 Å². The van der Waals surface area contributed by atoms with Crippen molar-refractivity contribution in [3.8, 4) is 22.5 Å². The Morgan fingerprint density at radius 2 is 1.94 bits per heavy atom. The molecule has 1 saturated heterocycles. The molecule has 1 aromatic carbocycles. The number of anilines is 1. The largest absolute Gasteiger partial charge is 0.416 e. The quantitative estimate of drug-likeness (QED) is 0.563. The number of aromatic nitrogens is 3. The number of nitrogens with zero attached hydrogens (tertiary/aromatic N) is 4. The molecule has 1 aliphatic heterocycles. The Bertz CT molecular complexity index is 1150. The van der Waals surface area contributed by atoms with Gasteiger partial charge in [0.15, 0.2) is 0 Å². The molecule has 0 aliphatic carbocycles. The first kappa shape index (κ1) is 23.0. The smallest absolute Gasteiger partial charge is 0.353 e. The molecule has 2 aromatic heterocycles. The molecular weight excluding hydrogens is 455 g/mol. The fourth-order valence-electron chi connectivity index (χ4n) is 3.73. The maximum absolute atomic E-state index is 13.0. The van der Waals surface area contributed by atoms with E-state index in [1.807, 2.05) is 4.90 Å². The van der Waals surface area contributed by atoms with Gasteiger partial charge in [-0.3, -0.25) is 14.8 Å². The van der Waals surface area contributed by atoms with Crippen LogP contribution >= 0.6 is 11.6 Å². The second-order valence-corrected chi connectivity index (χ2v) is 8.12. The Morgan fingerprint density at radius 3 is 2.61 bits per heavy atom. The van der Waals surface area contributed by atoms with E-state index in [4.69, 9.17) is 16.6 Å². The van der Waals surface area contributed by atoms with Gasteiger partial charge in [-0.1, -0.05) is 30.7 Å². The molecule has 1 amide bonds. The average molecular weight is 476 g/mol. The highest BCUT2D eigenvalue weighted by Crippen LogP contribution is 2.36. The molecule has 33 heavy (non-hydrogen) atoms. The molecule has 0 unspecified atom stereocenters. The monoisotopic (exact) mass is 475 g/mol. The number of rotatable bonds is 5. The van der Waals surface area contributed by atoms with E-state index in [9.17, 15) is 18.0 Å². The number of nitrogens with one attached hydrogen (secondary N) is 1. The van der Waals surface area contributed by atoms with Crippen LogP contribution in [0.1, 0.15) is 25.3 Å². The van der Waals surface area contributed by atoms with Gasteiger partial charge in [0.1, 0.15) is 11.5 Å². The summed E-state index contributed by atoms with van der Waals surface area (Å²) >= 11 is 6.37. The molecule has 3 aromatic rings. The van der Waals surface area contributed by atoms with Crippen molar-refractivity contribution in [3.63, 3.8) is 0 Å². The second kappa shape index (κ2) is 9.35. The Hall–Kier alpha value is -3.20. The van der Waals surface area contributed by atoms with Crippen LogP contribution in [0.4, 0.5) is 19.0 Å². The first-order valence-electron chi connectivity index (χ1n) is 10.4. The zero-order valence-corrected chi connectivity index (χ0v) is 18.5. The third-order valence-electron chi connectivity index (χ3n) is 5.47. The van der Waals surface area contributed by atoms with E-state index in [0.29, 0.717) is 52.9 Å². The van der Waals surface area contributed by atoms with Crippen LogP contribution in [-0.2, 0) is 11.0 Å². The molecule has 0 spiro atoms. The Kier molecular flexibility index (Phi) is 6.51. The first-order valence-corrected chi connectivity index (χ1v) is 10.8. The van der Waals surface area contributed by atoms with Crippen LogP contribution in [0.25, 0.3) is 22.5 Å². The predicted molar refractivity (Wildman–Crippen MR) is 120 cm³/mol. The van der Waals surface area contributed by atoms with Crippen molar-refractivity contribution in [2.75, 3.05) is 18.0 Å². The van der Waals surface area contributed by atoms with E-state index in [1.165, 1.54) is 18.3 Å². The van der Waals surface area contributed by atoms with Crippen molar-refractivity contribution in [1.29, 1.82) is 0 Å². The Morgan fingerprint density at radius 1 is 1.18 bits per heavy atom. The van der Waals surface area contributed by atoms with Crippen molar-refractivity contribution in [2.24, 2.45) is 0 Å².